The first-order valence-electron chi connectivity index (χ1n) is 11.9. The number of benzene rings is 3. The predicted octanol–water partition coefficient (Wildman–Crippen LogP) is 6.65. The fourth-order valence-electron chi connectivity index (χ4n) is 4.59. The molecule has 0 amide bonds. The third kappa shape index (κ3) is 4.44. The summed E-state index contributed by atoms with van der Waals surface area (Å²) < 4.78 is 18.2. The summed E-state index contributed by atoms with van der Waals surface area (Å²) in [6.07, 6.45) is 3.55. The van der Waals surface area contributed by atoms with E-state index in [9.17, 15) is 9.18 Å². The smallest absolute Gasteiger partial charge is 0.261 e. The molecule has 0 bridgehead atoms. The van der Waals surface area contributed by atoms with Crippen LogP contribution in [0.5, 0.6) is 0 Å². The van der Waals surface area contributed by atoms with Crippen LogP contribution in [0.25, 0.3) is 22.3 Å². The van der Waals surface area contributed by atoms with Crippen LogP contribution in [0.2, 0.25) is 5.02 Å². The van der Waals surface area contributed by atoms with E-state index in [1.165, 1.54) is 6.07 Å². The minimum Gasteiger partial charge on any atom is -0.320 e. The molecule has 0 N–H and O–H groups in total. The third-order valence-electron chi connectivity index (χ3n) is 6.42. The Bertz CT molecular complexity index is 1610. The molecule has 0 saturated carbocycles. The van der Waals surface area contributed by atoms with Crippen LogP contribution in [0.4, 0.5) is 4.39 Å². The first-order chi connectivity index (χ1) is 17.3. The van der Waals surface area contributed by atoms with Gasteiger partial charge in [0, 0.05) is 23.0 Å². The maximum atomic E-state index is 14.4. The van der Waals surface area contributed by atoms with Crippen LogP contribution < -0.4 is 5.56 Å². The van der Waals surface area contributed by atoms with Gasteiger partial charge in [-0.3, -0.25) is 9.36 Å². The summed E-state index contributed by atoms with van der Waals surface area (Å²) in [5, 5.41) is 1.02. The van der Waals surface area contributed by atoms with Crippen molar-refractivity contribution in [3.05, 3.63) is 117 Å². The van der Waals surface area contributed by atoms with Crippen LogP contribution in [0.15, 0.2) is 83.9 Å². The summed E-state index contributed by atoms with van der Waals surface area (Å²) in [5.41, 5.74) is 2.63. The number of halogens is 2. The number of fused-ring (bicyclic) bond motifs is 1. The van der Waals surface area contributed by atoms with Crippen LogP contribution >= 0.6 is 11.6 Å². The maximum absolute atomic E-state index is 14.4. The van der Waals surface area contributed by atoms with Gasteiger partial charge in [-0.15, -0.1) is 0 Å². The molecule has 7 heteroatoms. The van der Waals surface area contributed by atoms with E-state index in [4.69, 9.17) is 16.6 Å². The normalized spacial score (nSPS) is 12.4. The second kappa shape index (κ2) is 9.70. The van der Waals surface area contributed by atoms with Gasteiger partial charge in [-0.05, 0) is 48.2 Å². The first kappa shape index (κ1) is 23.9. The van der Waals surface area contributed by atoms with E-state index in [0.717, 1.165) is 5.56 Å². The van der Waals surface area contributed by atoms with Crippen molar-refractivity contribution in [2.24, 2.45) is 5.92 Å². The largest absolute Gasteiger partial charge is 0.320 e. The van der Waals surface area contributed by atoms with Gasteiger partial charge in [0.05, 0.1) is 23.5 Å². The van der Waals surface area contributed by atoms with Crippen molar-refractivity contribution in [2.75, 3.05) is 0 Å². The van der Waals surface area contributed by atoms with E-state index in [2.05, 4.69) is 18.8 Å². The number of hydrogen-bond acceptors (Lipinski definition) is 3. The Labute approximate surface area is 213 Å². The first-order valence-corrected chi connectivity index (χ1v) is 12.2. The molecule has 2 aromatic heterocycles. The van der Waals surface area contributed by atoms with Gasteiger partial charge in [-0.25, -0.2) is 14.4 Å². The summed E-state index contributed by atoms with van der Waals surface area (Å²) in [4.78, 5) is 23.4. The number of hydrogen-bond donors (Lipinski definition) is 0. The summed E-state index contributed by atoms with van der Waals surface area (Å²) in [7, 11) is 0. The number of nitrogens with zero attached hydrogens (tertiary/aromatic N) is 4. The lowest BCUT2D eigenvalue weighted by Crippen LogP contribution is -2.31. The van der Waals surface area contributed by atoms with Crippen LogP contribution in [0.1, 0.15) is 36.8 Å². The molecule has 182 valence electrons. The van der Waals surface area contributed by atoms with E-state index >= 15 is 0 Å². The molecule has 0 saturated heterocycles. The highest BCUT2D eigenvalue weighted by molar-refractivity contribution is 6.31. The molecular formula is C29H26ClFN4O. The van der Waals surface area contributed by atoms with Crippen molar-refractivity contribution in [1.29, 1.82) is 0 Å². The Kier molecular flexibility index (Phi) is 6.46. The fourth-order valence-corrected chi connectivity index (χ4v) is 4.76. The molecule has 5 aromatic rings. The third-order valence-corrected chi connectivity index (χ3v) is 6.66. The van der Waals surface area contributed by atoms with E-state index in [1.807, 2.05) is 47.2 Å². The fraction of sp³-hybridized carbons (Fsp3) is 0.207. The number of aromatic nitrogens is 4. The van der Waals surface area contributed by atoms with E-state index < -0.39 is 0 Å². The van der Waals surface area contributed by atoms with Crippen LogP contribution in [-0.2, 0) is 6.54 Å². The maximum Gasteiger partial charge on any atom is 0.261 e. The Morgan fingerprint density at radius 3 is 2.53 bits per heavy atom. The van der Waals surface area contributed by atoms with Gasteiger partial charge < -0.3 is 4.57 Å². The average molecular weight is 501 g/mol. The quantitative estimate of drug-likeness (QED) is 0.262. The van der Waals surface area contributed by atoms with Crippen molar-refractivity contribution < 1.29 is 4.39 Å². The lowest BCUT2D eigenvalue weighted by atomic mass is 10.0. The summed E-state index contributed by atoms with van der Waals surface area (Å²) in [6.45, 7) is 6.25. The zero-order valence-corrected chi connectivity index (χ0v) is 21.1. The standard InChI is InChI=1S/C29H26ClFN4O/c1-18(2)26(34-14-13-32-27(34)21-10-9-19(3)24(31)15-21)28-33-25-16-22(30)11-12-23(25)29(36)35(28)17-20-7-5-4-6-8-20/h4-16,18,26H,17H2,1-3H3. The molecule has 3 aromatic carbocycles. The minimum atomic E-state index is -0.341. The van der Waals surface area contributed by atoms with Gasteiger partial charge in [0.15, 0.2) is 0 Å². The number of imidazole rings is 1. The summed E-state index contributed by atoms with van der Waals surface area (Å²) in [6, 6.07) is 19.7. The zero-order valence-electron chi connectivity index (χ0n) is 20.3. The Balaban J connectivity index is 1.75. The number of aryl methyl sites for hydroxylation is 1. The molecular weight excluding hydrogens is 475 g/mol. The second-order valence-corrected chi connectivity index (χ2v) is 9.76. The highest BCUT2D eigenvalue weighted by Gasteiger charge is 2.27. The van der Waals surface area contributed by atoms with Crippen molar-refractivity contribution in [2.45, 2.75) is 33.4 Å². The Hall–Kier alpha value is -3.77. The molecule has 36 heavy (non-hydrogen) atoms. The van der Waals surface area contributed by atoms with Gasteiger partial charge in [0.2, 0.25) is 0 Å². The highest BCUT2D eigenvalue weighted by atomic mass is 35.5. The molecule has 0 aliphatic rings. The van der Waals surface area contributed by atoms with Crippen LogP contribution in [0, 0.1) is 18.7 Å². The molecule has 0 aliphatic heterocycles. The number of rotatable bonds is 6. The van der Waals surface area contributed by atoms with Gasteiger partial charge >= 0.3 is 0 Å². The Morgan fingerprint density at radius 1 is 1.03 bits per heavy atom. The van der Waals surface area contributed by atoms with E-state index in [-0.39, 0.29) is 23.3 Å². The molecule has 1 unspecified atom stereocenters. The second-order valence-electron chi connectivity index (χ2n) is 9.32. The highest BCUT2D eigenvalue weighted by Crippen LogP contribution is 2.32. The lowest BCUT2D eigenvalue weighted by Gasteiger charge is -2.27. The Morgan fingerprint density at radius 2 is 1.81 bits per heavy atom. The molecule has 0 spiro atoms. The monoisotopic (exact) mass is 500 g/mol. The molecule has 5 rings (SSSR count). The van der Waals surface area contributed by atoms with Crippen molar-refractivity contribution in [3.63, 3.8) is 0 Å². The topological polar surface area (TPSA) is 52.7 Å². The van der Waals surface area contributed by atoms with Crippen LogP contribution in [0.3, 0.4) is 0 Å². The van der Waals surface area contributed by atoms with Gasteiger partial charge in [0.25, 0.3) is 5.56 Å². The van der Waals surface area contributed by atoms with Gasteiger partial charge in [-0.1, -0.05) is 67.9 Å². The van der Waals surface area contributed by atoms with E-state index in [0.29, 0.717) is 45.2 Å². The van der Waals surface area contributed by atoms with Crippen LogP contribution in [-0.4, -0.2) is 19.1 Å². The van der Waals surface area contributed by atoms with E-state index in [1.54, 1.807) is 42.0 Å². The molecule has 0 radical (unpaired) electrons. The SMILES string of the molecule is Cc1ccc(-c2nccn2C(c2nc3cc(Cl)ccc3c(=O)n2Cc2ccccc2)C(C)C)cc1F. The summed E-state index contributed by atoms with van der Waals surface area (Å²) >= 11 is 6.27. The molecule has 5 nitrogen and oxygen atoms in total. The van der Waals surface area contributed by atoms with Gasteiger partial charge in [-0.2, -0.15) is 0 Å². The van der Waals surface area contributed by atoms with Crippen molar-refractivity contribution >= 4 is 22.5 Å². The lowest BCUT2D eigenvalue weighted by molar-refractivity contribution is 0.401. The molecule has 0 aliphatic carbocycles. The zero-order chi connectivity index (χ0) is 25.4. The van der Waals surface area contributed by atoms with Crippen molar-refractivity contribution in [1.82, 2.24) is 19.1 Å². The molecule has 0 fully saturated rings. The average Bonchev–Trinajstić information content (AvgIpc) is 3.33. The summed E-state index contributed by atoms with van der Waals surface area (Å²) in [5.74, 6) is 0.959. The van der Waals surface area contributed by atoms with Crippen molar-refractivity contribution in [3.8, 4) is 11.4 Å². The molecule has 1 atom stereocenters. The molecule has 2 heterocycles. The minimum absolute atomic E-state index is 0.0406. The van der Waals surface area contributed by atoms with Gasteiger partial charge in [0.1, 0.15) is 17.5 Å². The predicted molar refractivity (Wildman–Crippen MR) is 142 cm³/mol.